The van der Waals surface area contributed by atoms with Crippen LogP contribution in [0.2, 0.25) is 0 Å². The average molecular weight is 381 g/mol. The van der Waals surface area contributed by atoms with Gasteiger partial charge in [0.15, 0.2) is 5.75 Å². The number of sulfonamides is 1. The Hall–Kier alpha value is -2.79. The van der Waals surface area contributed by atoms with Crippen LogP contribution < -0.4 is 9.46 Å². The van der Waals surface area contributed by atoms with Crippen LogP contribution in [0.5, 0.6) is 11.5 Å². The highest BCUT2D eigenvalue weighted by molar-refractivity contribution is 7.92. The molecular weight excluding hydrogens is 358 g/mol. The van der Waals surface area contributed by atoms with Crippen molar-refractivity contribution < 1.29 is 13.2 Å². The monoisotopic (exact) mass is 381 g/mol. The highest BCUT2D eigenvalue weighted by Crippen LogP contribution is 2.31. The molecule has 5 heteroatoms. The van der Waals surface area contributed by atoms with Crippen molar-refractivity contribution in [1.82, 2.24) is 0 Å². The molecule has 140 valence electrons. The van der Waals surface area contributed by atoms with Gasteiger partial charge < -0.3 is 4.74 Å². The largest absolute Gasteiger partial charge is 0.455 e. The predicted molar refractivity (Wildman–Crippen MR) is 109 cm³/mol. The van der Waals surface area contributed by atoms with Crippen LogP contribution in [-0.2, 0) is 15.4 Å². The second-order valence-corrected chi connectivity index (χ2v) is 8.97. The molecule has 0 saturated heterocycles. The van der Waals surface area contributed by atoms with E-state index in [1.54, 1.807) is 36.4 Å². The lowest BCUT2D eigenvalue weighted by Gasteiger charge is -2.19. The van der Waals surface area contributed by atoms with Gasteiger partial charge in [0.25, 0.3) is 10.0 Å². The summed E-state index contributed by atoms with van der Waals surface area (Å²) in [7, 11) is -3.72. The van der Waals surface area contributed by atoms with Crippen LogP contribution in [0.15, 0.2) is 83.8 Å². The van der Waals surface area contributed by atoms with Gasteiger partial charge in [0.1, 0.15) is 5.75 Å². The van der Waals surface area contributed by atoms with Gasteiger partial charge in [-0.1, -0.05) is 63.2 Å². The van der Waals surface area contributed by atoms with Crippen LogP contribution in [0.1, 0.15) is 26.3 Å². The Balaban J connectivity index is 1.86. The fourth-order valence-electron chi connectivity index (χ4n) is 2.59. The lowest BCUT2D eigenvalue weighted by atomic mass is 9.87. The summed E-state index contributed by atoms with van der Waals surface area (Å²) in [4.78, 5) is 0.213. The second-order valence-electron chi connectivity index (χ2n) is 7.29. The van der Waals surface area contributed by atoms with Crippen molar-refractivity contribution >= 4 is 15.7 Å². The summed E-state index contributed by atoms with van der Waals surface area (Å²) in [6, 6.07) is 23.2. The van der Waals surface area contributed by atoms with Crippen LogP contribution in [0.25, 0.3) is 0 Å². The number of hydrogen-bond acceptors (Lipinski definition) is 3. The van der Waals surface area contributed by atoms with Crippen molar-refractivity contribution in [2.75, 3.05) is 4.72 Å². The minimum Gasteiger partial charge on any atom is -0.455 e. The Morgan fingerprint density at radius 3 is 2.00 bits per heavy atom. The smallest absolute Gasteiger partial charge is 0.262 e. The van der Waals surface area contributed by atoms with E-state index >= 15 is 0 Å². The number of nitrogens with one attached hydrogen (secondary N) is 1. The van der Waals surface area contributed by atoms with Gasteiger partial charge in [-0.05, 0) is 47.4 Å². The van der Waals surface area contributed by atoms with Gasteiger partial charge in [-0.25, -0.2) is 8.42 Å². The Morgan fingerprint density at radius 1 is 0.778 bits per heavy atom. The molecule has 0 atom stereocenters. The molecule has 0 heterocycles. The zero-order valence-corrected chi connectivity index (χ0v) is 16.5. The zero-order valence-electron chi connectivity index (χ0n) is 15.6. The minimum atomic E-state index is -3.72. The van der Waals surface area contributed by atoms with Crippen molar-refractivity contribution in [3.8, 4) is 11.5 Å². The summed E-state index contributed by atoms with van der Waals surface area (Å²) >= 11 is 0. The third-order valence-corrected chi connectivity index (χ3v) is 5.51. The zero-order chi connectivity index (χ0) is 19.5. The summed E-state index contributed by atoms with van der Waals surface area (Å²) in [6.07, 6.45) is 0. The van der Waals surface area contributed by atoms with Crippen molar-refractivity contribution in [3.05, 3.63) is 84.4 Å². The molecule has 0 fully saturated rings. The number of para-hydroxylation sites is 3. The Labute approximate surface area is 160 Å². The van der Waals surface area contributed by atoms with E-state index in [1.165, 1.54) is 0 Å². The maximum Gasteiger partial charge on any atom is 0.262 e. The predicted octanol–water partition coefficient (Wildman–Crippen LogP) is 5.58. The van der Waals surface area contributed by atoms with Crippen LogP contribution in [0, 0.1) is 0 Å². The lowest BCUT2D eigenvalue weighted by molar-refractivity contribution is 0.485. The lowest BCUT2D eigenvalue weighted by Crippen LogP contribution is -2.15. The topological polar surface area (TPSA) is 55.4 Å². The van der Waals surface area contributed by atoms with Crippen molar-refractivity contribution in [2.45, 2.75) is 31.1 Å². The molecule has 0 unspecified atom stereocenters. The van der Waals surface area contributed by atoms with E-state index in [9.17, 15) is 8.42 Å². The number of hydrogen-bond donors (Lipinski definition) is 1. The summed E-state index contributed by atoms with van der Waals surface area (Å²) in [5, 5.41) is 0. The summed E-state index contributed by atoms with van der Waals surface area (Å²) in [5.41, 5.74) is 1.43. The second kappa shape index (κ2) is 7.45. The molecule has 0 aliphatic rings. The molecule has 4 nitrogen and oxygen atoms in total. The molecule has 3 rings (SSSR count). The van der Waals surface area contributed by atoms with Gasteiger partial charge in [-0.3, -0.25) is 4.72 Å². The molecule has 0 amide bonds. The van der Waals surface area contributed by atoms with Gasteiger partial charge in [-0.15, -0.1) is 0 Å². The average Bonchev–Trinajstić information content (AvgIpc) is 2.63. The van der Waals surface area contributed by atoms with Gasteiger partial charge in [0.2, 0.25) is 0 Å². The number of rotatable bonds is 5. The number of ether oxygens (including phenoxy) is 1. The maximum atomic E-state index is 12.8. The number of anilines is 1. The van der Waals surface area contributed by atoms with Crippen LogP contribution in [0.3, 0.4) is 0 Å². The molecule has 0 radical (unpaired) electrons. The van der Waals surface area contributed by atoms with Gasteiger partial charge in [0, 0.05) is 0 Å². The fourth-order valence-corrected chi connectivity index (χ4v) is 3.66. The van der Waals surface area contributed by atoms with E-state index in [4.69, 9.17) is 4.74 Å². The molecular formula is C22H23NO3S. The molecule has 0 bridgehead atoms. The first kappa shape index (κ1) is 19.0. The third kappa shape index (κ3) is 4.68. The van der Waals surface area contributed by atoms with Gasteiger partial charge >= 0.3 is 0 Å². The normalized spacial score (nSPS) is 11.8. The van der Waals surface area contributed by atoms with E-state index in [1.807, 2.05) is 42.5 Å². The van der Waals surface area contributed by atoms with E-state index in [-0.39, 0.29) is 10.3 Å². The molecule has 27 heavy (non-hydrogen) atoms. The summed E-state index contributed by atoms with van der Waals surface area (Å²) < 4.78 is 34.1. The maximum absolute atomic E-state index is 12.8. The molecule has 3 aromatic carbocycles. The molecule has 0 spiro atoms. The minimum absolute atomic E-state index is 0.0359. The molecule has 0 aliphatic heterocycles. The first-order valence-corrected chi connectivity index (χ1v) is 10.2. The van der Waals surface area contributed by atoms with Crippen molar-refractivity contribution in [2.24, 2.45) is 0 Å². The first-order valence-electron chi connectivity index (χ1n) is 8.71. The molecule has 0 saturated carbocycles. The number of benzene rings is 3. The molecule has 1 N–H and O–H groups in total. The van der Waals surface area contributed by atoms with E-state index in [2.05, 4.69) is 25.5 Å². The SMILES string of the molecule is CC(C)(C)c1ccc(S(=O)(=O)Nc2ccccc2Oc2ccccc2)cc1. The van der Waals surface area contributed by atoms with Gasteiger partial charge in [-0.2, -0.15) is 0 Å². The van der Waals surface area contributed by atoms with Crippen LogP contribution in [-0.4, -0.2) is 8.42 Å². The molecule has 3 aromatic rings. The van der Waals surface area contributed by atoms with Crippen molar-refractivity contribution in [3.63, 3.8) is 0 Å². The van der Waals surface area contributed by atoms with E-state index in [0.29, 0.717) is 17.2 Å². The van der Waals surface area contributed by atoms with Gasteiger partial charge in [0.05, 0.1) is 10.6 Å². The van der Waals surface area contributed by atoms with Crippen LogP contribution in [0.4, 0.5) is 5.69 Å². The Morgan fingerprint density at radius 2 is 1.37 bits per heavy atom. The first-order chi connectivity index (χ1) is 12.8. The quantitative estimate of drug-likeness (QED) is 0.628. The fraction of sp³-hybridized carbons (Fsp3) is 0.182. The Kier molecular flexibility index (Phi) is 5.24. The molecule has 0 aromatic heterocycles. The standard InChI is InChI=1S/C22H23NO3S/c1-22(2,3)17-13-15-19(16-14-17)27(24,25)23-20-11-7-8-12-21(20)26-18-9-5-4-6-10-18/h4-16,23H,1-3H3. The van der Waals surface area contributed by atoms with E-state index < -0.39 is 10.0 Å². The summed E-state index contributed by atoms with van der Waals surface area (Å²) in [5.74, 6) is 1.08. The highest BCUT2D eigenvalue weighted by Gasteiger charge is 2.19. The molecule has 0 aliphatic carbocycles. The Bertz CT molecular complexity index is 1010. The summed E-state index contributed by atoms with van der Waals surface area (Å²) in [6.45, 7) is 6.27. The van der Waals surface area contributed by atoms with Crippen LogP contribution >= 0.6 is 0 Å². The van der Waals surface area contributed by atoms with E-state index in [0.717, 1.165) is 5.56 Å². The van der Waals surface area contributed by atoms with Crippen molar-refractivity contribution in [1.29, 1.82) is 0 Å². The highest BCUT2D eigenvalue weighted by atomic mass is 32.2. The third-order valence-electron chi connectivity index (χ3n) is 4.13.